The predicted molar refractivity (Wildman–Crippen MR) is 62.8 cm³/mol. The Morgan fingerprint density at radius 2 is 2.25 bits per heavy atom. The first-order valence-corrected chi connectivity index (χ1v) is 5.33. The summed E-state index contributed by atoms with van der Waals surface area (Å²) in [5.74, 6) is 0.652. The van der Waals surface area contributed by atoms with Gasteiger partial charge in [-0.25, -0.2) is 4.98 Å². The van der Waals surface area contributed by atoms with E-state index < -0.39 is 0 Å². The Kier molecular flexibility index (Phi) is 3.41. The summed E-state index contributed by atoms with van der Waals surface area (Å²) in [5.41, 5.74) is 1.16. The molecule has 0 aliphatic carbocycles. The Morgan fingerprint density at radius 1 is 1.38 bits per heavy atom. The fraction of sp³-hybridized carbons (Fsp3) is 0.417. The average molecular weight is 220 g/mol. The second-order valence-electron chi connectivity index (χ2n) is 3.64. The van der Waals surface area contributed by atoms with Gasteiger partial charge in [0.2, 0.25) is 5.88 Å². The zero-order valence-corrected chi connectivity index (χ0v) is 9.64. The van der Waals surface area contributed by atoms with Gasteiger partial charge in [-0.3, -0.25) is 0 Å². The molecule has 0 saturated heterocycles. The molecule has 2 rings (SSSR count). The maximum atomic E-state index is 5.12. The standard InChI is InChI=1S/C12H16N2O2/c1-15-7-3-5-14-6-4-10-9-13-12(16-2)8-11(10)14/h4,6,8-9H,3,5,7H2,1-2H3. The lowest BCUT2D eigenvalue weighted by atomic mass is 10.3. The smallest absolute Gasteiger partial charge is 0.215 e. The maximum Gasteiger partial charge on any atom is 0.215 e. The van der Waals surface area contributed by atoms with E-state index in [2.05, 4.69) is 21.8 Å². The largest absolute Gasteiger partial charge is 0.481 e. The fourth-order valence-corrected chi connectivity index (χ4v) is 1.75. The van der Waals surface area contributed by atoms with Crippen LogP contribution >= 0.6 is 0 Å². The van der Waals surface area contributed by atoms with Crippen LogP contribution in [0.25, 0.3) is 10.9 Å². The number of fused-ring (bicyclic) bond motifs is 1. The molecular weight excluding hydrogens is 204 g/mol. The monoisotopic (exact) mass is 220 g/mol. The second-order valence-corrected chi connectivity index (χ2v) is 3.64. The summed E-state index contributed by atoms with van der Waals surface area (Å²) in [6.07, 6.45) is 4.91. The van der Waals surface area contributed by atoms with E-state index in [0.29, 0.717) is 5.88 Å². The summed E-state index contributed by atoms with van der Waals surface area (Å²) >= 11 is 0. The van der Waals surface area contributed by atoms with Gasteiger partial charge < -0.3 is 14.0 Å². The van der Waals surface area contributed by atoms with Crippen molar-refractivity contribution in [2.24, 2.45) is 0 Å². The van der Waals surface area contributed by atoms with Gasteiger partial charge >= 0.3 is 0 Å². The summed E-state index contributed by atoms with van der Waals surface area (Å²) in [7, 11) is 3.35. The number of hydrogen-bond acceptors (Lipinski definition) is 3. The number of hydrogen-bond donors (Lipinski definition) is 0. The van der Waals surface area contributed by atoms with Crippen molar-refractivity contribution in [2.75, 3.05) is 20.8 Å². The van der Waals surface area contributed by atoms with Gasteiger partial charge in [0.1, 0.15) is 0 Å². The molecule has 0 saturated carbocycles. The summed E-state index contributed by atoms with van der Waals surface area (Å²) < 4.78 is 12.4. The van der Waals surface area contributed by atoms with Crippen LogP contribution in [0.4, 0.5) is 0 Å². The molecule has 0 aromatic carbocycles. The quantitative estimate of drug-likeness (QED) is 0.724. The van der Waals surface area contributed by atoms with Gasteiger partial charge in [-0.1, -0.05) is 0 Å². The van der Waals surface area contributed by atoms with Crippen LogP contribution in [0.1, 0.15) is 6.42 Å². The lowest BCUT2D eigenvalue weighted by Crippen LogP contribution is -2.00. The molecule has 0 spiro atoms. The normalized spacial score (nSPS) is 10.9. The van der Waals surface area contributed by atoms with Gasteiger partial charge in [0.25, 0.3) is 0 Å². The van der Waals surface area contributed by atoms with Gasteiger partial charge in [0.15, 0.2) is 0 Å². The van der Waals surface area contributed by atoms with E-state index in [1.165, 1.54) is 0 Å². The summed E-state index contributed by atoms with van der Waals surface area (Å²) in [6.45, 7) is 1.73. The molecule has 0 aliphatic rings. The number of nitrogens with zero attached hydrogens (tertiary/aromatic N) is 2. The van der Waals surface area contributed by atoms with E-state index in [-0.39, 0.29) is 0 Å². The first kappa shape index (κ1) is 11.0. The number of ether oxygens (including phenoxy) is 2. The number of aromatic nitrogens is 2. The summed E-state index contributed by atoms with van der Waals surface area (Å²) in [4.78, 5) is 4.17. The molecule has 86 valence electrons. The van der Waals surface area contributed by atoms with Crippen molar-refractivity contribution in [1.82, 2.24) is 9.55 Å². The number of aryl methyl sites for hydroxylation is 1. The van der Waals surface area contributed by atoms with Crippen LogP contribution in [0.15, 0.2) is 24.5 Å². The minimum Gasteiger partial charge on any atom is -0.481 e. The molecule has 2 heterocycles. The van der Waals surface area contributed by atoms with Crippen molar-refractivity contribution in [1.29, 1.82) is 0 Å². The zero-order valence-electron chi connectivity index (χ0n) is 9.64. The van der Waals surface area contributed by atoms with E-state index in [9.17, 15) is 0 Å². The Bertz CT molecular complexity index is 465. The first-order valence-electron chi connectivity index (χ1n) is 5.33. The molecule has 2 aromatic rings. The average Bonchev–Trinajstić information content (AvgIpc) is 2.72. The van der Waals surface area contributed by atoms with Gasteiger partial charge in [-0.05, 0) is 12.5 Å². The summed E-state index contributed by atoms with van der Waals surface area (Å²) in [6, 6.07) is 4.02. The van der Waals surface area contributed by atoms with Crippen LogP contribution in [0.2, 0.25) is 0 Å². The maximum absolute atomic E-state index is 5.12. The summed E-state index contributed by atoms with van der Waals surface area (Å²) in [5, 5.41) is 1.14. The third-order valence-electron chi connectivity index (χ3n) is 2.59. The fourth-order valence-electron chi connectivity index (χ4n) is 1.75. The molecule has 0 amide bonds. The van der Waals surface area contributed by atoms with Crippen LogP contribution in [0, 0.1) is 0 Å². The lowest BCUT2D eigenvalue weighted by molar-refractivity contribution is 0.190. The molecule has 4 heteroatoms. The number of methoxy groups -OCH3 is 2. The molecule has 0 atom stereocenters. The number of pyridine rings is 1. The van der Waals surface area contributed by atoms with E-state index in [1.54, 1.807) is 14.2 Å². The van der Waals surface area contributed by atoms with E-state index in [0.717, 1.165) is 30.5 Å². The Morgan fingerprint density at radius 3 is 3.00 bits per heavy atom. The third kappa shape index (κ3) is 2.17. The first-order chi connectivity index (χ1) is 7.85. The Hall–Kier alpha value is -1.55. The molecule has 0 aliphatic heterocycles. The Balaban J connectivity index is 2.24. The minimum absolute atomic E-state index is 0.652. The van der Waals surface area contributed by atoms with Crippen LogP contribution in [-0.2, 0) is 11.3 Å². The topological polar surface area (TPSA) is 36.3 Å². The molecule has 4 nitrogen and oxygen atoms in total. The molecule has 0 N–H and O–H groups in total. The van der Waals surface area contributed by atoms with E-state index in [4.69, 9.17) is 9.47 Å². The van der Waals surface area contributed by atoms with Crippen LogP contribution in [0.3, 0.4) is 0 Å². The predicted octanol–water partition coefficient (Wildman–Crippen LogP) is 2.08. The van der Waals surface area contributed by atoms with Crippen molar-refractivity contribution in [2.45, 2.75) is 13.0 Å². The molecular formula is C12H16N2O2. The van der Waals surface area contributed by atoms with E-state index in [1.807, 2.05) is 12.3 Å². The SMILES string of the molecule is COCCCn1ccc2cnc(OC)cc21. The molecule has 0 bridgehead atoms. The molecule has 0 fully saturated rings. The highest BCUT2D eigenvalue weighted by Gasteiger charge is 2.03. The zero-order chi connectivity index (χ0) is 11.4. The molecule has 2 aromatic heterocycles. The minimum atomic E-state index is 0.652. The van der Waals surface area contributed by atoms with Gasteiger partial charge in [0, 0.05) is 44.1 Å². The van der Waals surface area contributed by atoms with Crippen LogP contribution in [0.5, 0.6) is 5.88 Å². The van der Waals surface area contributed by atoms with Crippen molar-refractivity contribution in [3.05, 3.63) is 24.5 Å². The van der Waals surface area contributed by atoms with Gasteiger partial charge in [0.05, 0.1) is 12.6 Å². The van der Waals surface area contributed by atoms with Crippen molar-refractivity contribution in [3.63, 3.8) is 0 Å². The van der Waals surface area contributed by atoms with E-state index >= 15 is 0 Å². The van der Waals surface area contributed by atoms with Crippen molar-refractivity contribution >= 4 is 10.9 Å². The lowest BCUT2D eigenvalue weighted by Gasteiger charge is -2.05. The molecule has 0 unspecified atom stereocenters. The number of rotatable bonds is 5. The molecule has 0 radical (unpaired) electrons. The highest BCUT2D eigenvalue weighted by molar-refractivity contribution is 5.80. The highest BCUT2D eigenvalue weighted by Crippen LogP contribution is 2.19. The van der Waals surface area contributed by atoms with Crippen LogP contribution < -0.4 is 4.74 Å². The third-order valence-corrected chi connectivity index (χ3v) is 2.59. The van der Waals surface area contributed by atoms with Crippen molar-refractivity contribution in [3.8, 4) is 5.88 Å². The van der Waals surface area contributed by atoms with Gasteiger partial charge in [-0.15, -0.1) is 0 Å². The second kappa shape index (κ2) is 4.99. The molecule has 16 heavy (non-hydrogen) atoms. The van der Waals surface area contributed by atoms with Gasteiger partial charge in [-0.2, -0.15) is 0 Å². The van der Waals surface area contributed by atoms with Crippen LogP contribution in [-0.4, -0.2) is 30.4 Å². The Labute approximate surface area is 94.8 Å². The highest BCUT2D eigenvalue weighted by atomic mass is 16.5. The van der Waals surface area contributed by atoms with Crippen molar-refractivity contribution < 1.29 is 9.47 Å².